The van der Waals surface area contributed by atoms with Crippen LogP contribution in [-0.4, -0.2) is 19.0 Å². The van der Waals surface area contributed by atoms with Crippen LogP contribution in [0.1, 0.15) is 13.8 Å². The molecule has 1 heterocycles. The predicted octanol–water partition coefficient (Wildman–Crippen LogP) is 4.54. The molecule has 0 bridgehead atoms. The Kier molecular flexibility index (Phi) is 4.19. The van der Waals surface area contributed by atoms with Crippen LogP contribution in [0.4, 0.5) is 5.69 Å². The van der Waals surface area contributed by atoms with E-state index in [-0.39, 0.29) is 11.3 Å². The molecule has 2 rings (SSSR count). The highest BCUT2D eigenvalue weighted by Gasteiger charge is 2.33. The van der Waals surface area contributed by atoms with Gasteiger partial charge in [0.1, 0.15) is 0 Å². The molecular weight excluding hydrogens is 276 g/mol. The van der Waals surface area contributed by atoms with E-state index in [2.05, 4.69) is 29.9 Å². The van der Waals surface area contributed by atoms with E-state index in [1.54, 1.807) is 6.20 Å². The molecular formula is C17H24N2OSi. The number of nitrogens with zero attached hydrogens (tertiary/aromatic N) is 1. The molecule has 0 atom stereocenters. The third-order valence-corrected chi connectivity index (χ3v) is 5.41. The van der Waals surface area contributed by atoms with Crippen LogP contribution in [0, 0.1) is 5.41 Å². The first-order chi connectivity index (χ1) is 9.69. The lowest BCUT2D eigenvalue weighted by molar-refractivity contribution is -0.123. The first-order valence-corrected chi connectivity index (χ1v) is 11.0. The highest BCUT2D eigenvalue weighted by Crippen LogP contribution is 2.31. The number of rotatable bonds is 4. The number of hydrogen-bond donors (Lipinski definition) is 1. The Bertz CT molecular complexity index is 654. The van der Waals surface area contributed by atoms with E-state index in [4.69, 9.17) is 0 Å². The van der Waals surface area contributed by atoms with Gasteiger partial charge in [-0.2, -0.15) is 0 Å². The van der Waals surface area contributed by atoms with Crippen molar-refractivity contribution < 1.29 is 4.79 Å². The summed E-state index contributed by atoms with van der Waals surface area (Å²) in [5.41, 5.74) is 1.28. The van der Waals surface area contributed by atoms with Gasteiger partial charge in [-0.1, -0.05) is 51.7 Å². The van der Waals surface area contributed by atoms with Gasteiger partial charge in [0, 0.05) is 25.1 Å². The van der Waals surface area contributed by atoms with E-state index < -0.39 is 8.07 Å². The lowest BCUT2D eigenvalue weighted by Crippen LogP contribution is -2.37. The van der Waals surface area contributed by atoms with Crippen LogP contribution in [0.2, 0.25) is 25.7 Å². The summed E-state index contributed by atoms with van der Waals surface area (Å²) >= 11 is 0. The second kappa shape index (κ2) is 5.60. The molecule has 0 spiro atoms. The molecule has 1 aromatic carbocycles. The smallest absolute Gasteiger partial charge is 0.229 e. The Hall–Kier alpha value is -1.68. The van der Waals surface area contributed by atoms with Gasteiger partial charge in [0.2, 0.25) is 5.91 Å². The number of fused-ring (bicyclic) bond motifs is 1. The first-order valence-electron chi connectivity index (χ1n) is 7.34. The van der Waals surface area contributed by atoms with Gasteiger partial charge < -0.3 is 5.32 Å². The molecule has 0 radical (unpaired) electrons. The second-order valence-electron chi connectivity index (χ2n) is 7.46. The van der Waals surface area contributed by atoms with Gasteiger partial charge in [0.25, 0.3) is 0 Å². The zero-order valence-electron chi connectivity index (χ0n) is 13.5. The minimum absolute atomic E-state index is 0.0723. The monoisotopic (exact) mass is 300 g/mol. The first kappa shape index (κ1) is 15.7. The minimum atomic E-state index is -1.30. The van der Waals surface area contributed by atoms with Gasteiger partial charge in [-0.05, 0) is 18.2 Å². The average Bonchev–Trinajstić information content (AvgIpc) is 2.36. The molecule has 3 nitrogen and oxygen atoms in total. The van der Waals surface area contributed by atoms with E-state index in [0.29, 0.717) is 0 Å². The van der Waals surface area contributed by atoms with Crippen molar-refractivity contribution in [1.29, 1.82) is 0 Å². The Labute approximate surface area is 127 Å². The van der Waals surface area contributed by atoms with Crippen molar-refractivity contribution in [2.45, 2.75) is 39.5 Å². The lowest BCUT2D eigenvalue weighted by atomic mass is 9.95. The van der Waals surface area contributed by atoms with E-state index in [0.717, 1.165) is 22.6 Å². The zero-order valence-corrected chi connectivity index (χ0v) is 14.5. The van der Waals surface area contributed by atoms with Gasteiger partial charge in [0.15, 0.2) is 0 Å². The van der Waals surface area contributed by atoms with E-state index >= 15 is 0 Å². The van der Waals surface area contributed by atoms with Crippen LogP contribution in [0.5, 0.6) is 0 Å². The standard InChI is InChI=1S/C17H24N2OSi/c1-17(2,12-21(3,4)5)16(20)19-14-10-6-8-13-9-7-11-18-15(13)14/h6-11H,12H2,1-5H3,(H,19,20). The van der Waals surface area contributed by atoms with Crippen LogP contribution < -0.4 is 5.32 Å². The van der Waals surface area contributed by atoms with E-state index in [1.807, 2.05) is 44.2 Å². The third kappa shape index (κ3) is 3.91. The molecule has 0 fully saturated rings. The van der Waals surface area contributed by atoms with E-state index in [9.17, 15) is 4.79 Å². The molecule has 0 unspecified atom stereocenters. The summed E-state index contributed by atoms with van der Waals surface area (Å²) in [6.07, 6.45) is 1.76. The molecule has 21 heavy (non-hydrogen) atoms. The maximum absolute atomic E-state index is 12.6. The molecule has 1 N–H and O–H groups in total. The van der Waals surface area contributed by atoms with E-state index in [1.165, 1.54) is 0 Å². The number of carbonyl (C=O) groups is 1. The Morgan fingerprint density at radius 1 is 1.19 bits per heavy atom. The molecule has 1 aromatic heterocycles. The van der Waals surface area contributed by atoms with Crippen LogP contribution >= 0.6 is 0 Å². The fourth-order valence-electron chi connectivity index (χ4n) is 2.90. The fraction of sp³-hybridized carbons (Fsp3) is 0.412. The maximum Gasteiger partial charge on any atom is 0.229 e. The number of aromatic nitrogens is 1. The number of nitrogens with one attached hydrogen (secondary N) is 1. The number of amides is 1. The normalized spacial score (nSPS) is 12.4. The highest BCUT2D eigenvalue weighted by molar-refractivity contribution is 6.76. The molecule has 112 valence electrons. The van der Waals surface area contributed by atoms with Gasteiger partial charge in [-0.25, -0.2) is 0 Å². The minimum Gasteiger partial charge on any atom is -0.324 e. The Balaban J connectivity index is 2.26. The van der Waals surface area contributed by atoms with Gasteiger partial charge >= 0.3 is 0 Å². The number of anilines is 1. The van der Waals surface area contributed by atoms with Gasteiger partial charge in [0.05, 0.1) is 11.2 Å². The van der Waals surface area contributed by atoms with Crippen molar-refractivity contribution >= 4 is 30.6 Å². The van der Waals surface area contributed by atoms with Crippen molar-refractivity contribution in [2.24, 2.45) is 5.41 Å². The number of para-hydroxylation sites is 1. The zero-order chi connectivity index (χ0) is 15.7. The molecule has 0 aliphatic heterocycles. The summed E-state index contributed by atoms with van der Waals surface area (Å²) in [5.74, 6) is 0.0723. The van der Waals surface area contributed by atoms with Crippen LogP contribution in [0.15, 0.2) is 36.5 Å². The average molecular weight is 300 g/mol. The summed E-state index contributed by atoms with van der Waals surface area (Å²) in [6, 6.07) is 10.7. The third-order valence-electron chi connectivity index (χ3n) is 3.47. The maximum atomic E-state index is 12.6. The molecule has 4 heteroatoms. The largest absolute Gasteiger partial charge is 0.324 e. The van der Waals surface area contributed by atoms with Crippen molar-refractivity contribution in [3.63, 3.8) is 0 Å². The molecule has 1 amide bonds. The predicted molar refractivity (Wildman–Crippen MR) is 92.3 cm³/mol. The summed E-state index contributed by atoms with van der Waals surface area (Å²) < 4.78 is 0. The Morgan fingerprint density at radius 3 is 2.52 bits per heavy atom. The van der Waals surface area contributed by atoms with Crippen molar-refractivity contribution in [2.75, 3.05) is 5.32 Å². The topological polar surface area (TPSA) is 42.0 Å². The second-order valence-corrected chi connectivity index (χ2v) is 12.9. The number of carbonyl (C=O) groups excluding carboxylic acids is 1. The lowest BCUT2D eigenvalue weighted by Gasteiger charge is -2.30. The number of benzene rings is 1. The van der Waals surface area contributed by atoms with Crippen LogP contribution in [0.25, 0.3) is 10.9 Å². The fourth-order valence-corrected chi connectivity index (χ4v) is 5.71. The molecule has 0 saturated carbocycles. The number of hydrogen-bond acceptors (Lipinski definition) is 2. The van der Waals surface area contributed by atoms with Crippen molar-refractivity contribution in [1.82, 2.24) is 4.98 Å². The summed E-state index contributed by atoms with van der Waals surface area (Å²) in [5, 5.41) is 4.11. The van der Waals surface area contributed by atoms with Gasteiger partial charge in [-0.15, -0.1) is 0 Å². The van der Waals surface area contributed by atoms with Crippen LogP contribution in [-0.2, 0) is 4.79 Å². The molecule has 0 aliphatic carbocycles. The molecule has 0 aliphatic rings. The quantitative estimate of drug-likeness (QED) is 0.842. The van der Waals surface area contributed by atoms with Crippen molar-refractivity contribution in [3.05, 3.63) is 36.5 Å². The van der Waals surface area contributed by atoms with Crippen LogP contribution in [0.3, 0.4) is 0 Å². The number of pyridine rings is 1. The Morgan fingerprint density at radius 2 is 1.86 bits per heavy atom. The van der Waals surface area contributed by atoms with Gasteiger partial charge in [-0.3, -0.25) is 9.78 Å². The summed E-state index contributed by atoms with van der Waals surface area (Å²) in [4.78, 5) is 17.0. The molecule has 0 saturated heterocycles. The molecule has 2 aromatic rings. The summed E-state index contributed by atoms with van der Waals surface area (Å²) in [6.45, 7) is 10.9. The SMILES string of the molecule is CC(C)(C[Si](C)(C)C)C(=O)Nc1cccc2cccnc12. The highest BCUT2D eigenvalue weighted by atomic mass is 28.3. The summed E-state index contributed by atoms with van der Waals surface area (Å²) in [7, 11) is -1.30. The van der Waals surface area contributed by atoms with Crippen molar-refractivity contribution in [3.8, 4) is 0 Å².